The molecule has 0 saturated carbocycles. The van der Waals surface area contributed by atoms with Crippen molar-refractivity contribution in [3.8, 4) is 0 Å². The Morgan fingerprint density at radius 1 is 1.43 bits per heavy atom. The third kappa shape index (κ3) is 3.98. The SMILES string of the molecule is O=C(C=Cc1cc(C(F)(F)F)ccc1Cl)N1CC[C@@H](O)C1. The molecule has 1 saturated heterocycles. The molecular weight excluding hydrogens is 307 g/mol. The summed E-state index contributed by atoms with van der Waals surface area (Å²) in [5, 5.41) is 9.47. The molecule has 3 nitrogen and oxygen atoms in total. The van der Waals surface area contributed by atoms with Crippen LogP contribution in [0.4, 0.5) is 13.2 Å². The number of β-amino-alcohol motifs (C(OH)–C–C–N with tert-alkyl or cyclic N) is 1. The van der Waals surface area contributed by atoms with Crippen molar-refractivity contribution in [2.45, 2.75) is 18.7 Å². The van der Waals surface area contributed by atoms with Crippen molar-refractivity contribution in [3.63, 3.8) is 0 Å². The van der Waals surface area contributed by atoms with E-state index >= 15 is 0 Å². The number of hydrogen-bond acceptors (Lipinski definition) is 2. The first-order valence-electron chi connectivity index (χ1n) is 6.29. The highest BCUT2D eigenvalue weighted by atomic mass is 35.5. The van der Waals surface area contributed by atoms with E-state index < -0.39 is 17.8 Å². The van der Waals surface area contributed by atoms with Crippen LogP contribution in [0.2, 0.25) is 5.02 Å². The molecule has 1 amide bonds. The number of alkyl halides is 3. The molecule has 1 aromatic carbocycles. The maximum atomic E-state index is 12.6. The van der Waals surface area contributed by atoms with E-state index in [4.69, 9.17) is 11.6 Å². The molecule has 1 heterocycles. The third-order valence-electron chi connectivity index (χ3n) is 3.20. The zero-order valence-corrected chi connectivity index (χ0v) is 11.7. The number of benzene rings is 1. The monoisotopic (exact) mass is 319 g/mol. The van der Waals surface area contributed by atoms with Gasteiger partial charge in [0.1, 0.15) is 0 Å². The molecule has 1 aliphatic heterocycles. The number of carbonyl (C=O) groups excluding carboxylic acids is 1. The molecule has 0 spiro atoms. The van der Waals surface area contributed by atoms with Gasteiger partial charge in [0.2, 0.25) is 5.91 Å². The number of hydrogen-bond donors (Lipinski definition) is 1. The summed E-state index contributed by atoms with van der Waals surface area (Å²) < 4.78 is 37.9. The molecule has 1 aromatic rings. The molecule has 114 valence electrons. The maximum Gasteiger partial charge on any atom is 0.416 e. The van der Waals surface area contributed by atoms with Crippen LogP contribution in [0.5, 0.6) is 0 Å². The van der Waals surface area contributed by atoms with Crippen LogP contribution in [0, 0.1) is 0 Å². The highest BCUT2D eigenvalue weighted by molar-refractivity contribution is 6.32. The van der Waals surface area contributed by atoms with Gasteiger partial charge in [-0.1, -0.05) is 11.6 Å². The zero-order valence-electron chi connectivity index (χ0n) is 10.9. The quantitative estimate of drug-likeness (QED) is 0.851. The number of carbonyl (C=O) groups is 1. The van der Waals surface area contributed by atoms with Crippen molar-refractivity contribution in [1.82, 2.24) is 4.90 Å². The van der Waals surface area contributed by atoms with E-state index in [0.29, 0.717) is 13.0 Å². The van der Waals surface area contributed by atoms with E-state index in [0.717, 1.165) is 18.2 Å². The predicted molar refractivity (Wildman–Crippen MR) is 72.7 cm³/mol. The summed E-state index contributed by atoms with van der Waals surface area (Å²) in [6.45, 7) is 0.667. The zero-order chi connectivity index (χ0) is 15.6. The minimum Gasteiger partial charge on any atom is -0.391 e. The van der Waals surface area contributed by atoms with E-state index in [1.54, 1.807) is 0 Å². The van der Waals surface area contributed by atoms with E-state index in [1.807, 2.05) is 0 Å². The Morgan fingerprint density at radius 3 is 2.71 bits per heavy atom. The largest absolute Gasteiger partial charge is 0.416 e. The van der Waals surface area contributed by atoms with Gasteiger partial charge in [-0.05, 0) is 36.3 Å². The summed E-state index contributed by atoms with van der Waals surface area (Å²) in [4.78, 5) is 13.3. The van der Waals surface area contributed by atoms with Gasteiger partial charge in [-0.25, -0.2) is 0 Å². The Balaban J connectivity index is 2.15. The second kappa shape index (κ2) is 6.07. The third-order valence-corrected chi connectivity index (χ3v) is 3.55. The topological polar surface area (TPSA) is 40.5 Å². The summed E-state index contributed by atoms with van der Waals surface area (Å²) >= 11 is 5.83. The normalized spacial score (nSPS) is 19.5. The summed E-state index contributed by atoms with van der Waals surface area (Å²) in [7, 11) is 0. The van der Waals surface area contributed by atoms with Crippen molar-refractivity contribution in [2.24, 2.45) is 0 Å². The molecule has 0 unspecified atom stereocenters. The van der Waals surface area contributed by atoms with Gasteiger partial charge >= 0.3 is 6.18 Å². The van der Waals surface area contributed by atoms with Crippen molar-refractivity contribution in [3.05, 3.63) is 40.4 Å². The Bertz CT molecular complexity index is 572. The van der Waals surface area contributed by atoms with Gasteiger partial charge in [-0.15, -0.1) is 0 Å². The van der Waals surface area contributed by atoms with Gasteiger partial charge < -0.3 is 10.0 Å². The highest BCUT2D eigenvalue weighted by Crippen LogP contribution is 2.32. The first-order valence-corrected chi connectivity index (χ1v) is 6.67. The molecule has 1 aliphatic rings. The second-order valence-corrected chi connectivity index (χ2v) is 5.20. The van der Waals surface area contributed by atoms with Crippen LogP contribution in [-0.2, 0) is 11.0 Å². The van der Waals surface area contributed by atoms with E-state index in [2.05, 4.69) is 0 Å². The highest BCUT2D eigenvalue weighted by Gasteiger charge is 2.30. The average Bonchev–Trinajstić information content (AvgIpc) is 2.83. The van der Waals surface area contributed by atoms with Gasteiger partial charge in [0, 0.05) is 24.2 Å². The van der Waals surface area contributed by atoms with Crippen LogP contribution in [-0.4, -0.2) is 35.1 Å². The Morgan fingerprint density at radius 2 is 2.14 bits per heavy atom. The number of halogens is 4. The van der Waals surface area contributed by atoms with Gasteiger partial charge in [-0.3, -0.25) is 4.79 Å². The Kier molecular flexibility index (Phi) is 4.58. The lowest BCUT2D eigenvalue weighted by molar-refractivity contribution is -0.137. The Hall–Kier alpha value is -1.53. The smallest absolute Gasteiger partial charge is 0.391 e. The summed E-state index contributed by atoms with van der Waals surface area (Å²) in [5.41, 5.74) is -0.699. The van der Waals surface area contributed by atoms with E-state index in [1.165, 1.54) is 17.1 Å². The number of aliphatic hydroxyl groups excluding tert-OH is 1. The molecule has 21 heavy (non-hydrogen) atoms. The Labute approximate surface area is 124 Å². The fourth-order valence-corrected chi connectivity index (χ4v) is 2.24. The molecule has 1 fully saturated rings. The average molecular weight is 320 g/mol. The number of likely N-dealkylation sites (tertiary alicyclic amines) is 1. The van der Waals surface area contributed by atoms with Crippen molar-refractivity contribution >= 4 is 23.6 Å². The van der Waals surface area contributed by atoms with Crippen molar-refractivity contribution in [2.75, 3.05) is 13.1 Å². The predicted octanol–water partition coefficient (Wildman–Crippen LogP) is 2.97. The lowest BCUT2D eigenvalue weighted by atomic mass is 10.1. The number of rotatable bonds is 2. The van der Waals surface area contributed by atoms with Gasteiger partial charge in [0.25, 0.3) is 0 Å². The van der Waals surface area contributed by atoms with E-state index in [-0.39, 0.29) is 23.0 Å². The van der Waals surface area contributed by atoms with Crippen LogP contribution in [0.15, 0.2) is 24.3 Å². The number of amides is 1. The fraction of sp³-hybridized carbons (Fsp3) is 0.357. The van der Waals surface area contributed by atoms with Gasteiger partial charge in [0.05, 0.1) is 11.7 Å². The fourth-order valence-electron chi connectivity index (χ4n) is 2.06. The molecular formula is C14H13ClF3NO2. The lowest BCUT2D eigenvalue weighted by Crippen LogP contribution is -2.27. The standard InChI is InChI=1S/C14H13ClF3NO2/c15-12-3-2-10(14(16,17)18)7-9(12)1-4-13(21)19-6-5-11(20)8-19/h1-4,7,11,20H,5-6,8H2/t11-/m1/s1. The van der Waals surface area contributed by atoms with Gasteiger partial charge in [0.15, 0.2) is 0 Å². The maximum absolute atomic E-state index is 12.6. The van der Waals surface area contributed by atoms with Gasteiger partial charge in [-0.2, -0.15) is 13.2 Å². The van der Waals surface area contributed by atoms with Crippen molar-refractivity contribution < 1.29 is 23.1 Å². The molecule has 2 rings (SSSR count). The summed E-state index contributed by atoms with van der Waals surface area (Å²) in [5.74, 6) is -0.361. The minimum atomic E-state index is -4.46. The van der Waals surface area contributed by atoms with Crippen molar-refractivity contribution in [1.29, 1.82) is 0 Å². The number of aliphatic hydroxyl groups is 1. The molecule has 0 bridgehead atoms. The van der Waals surface area contributed by atoms with Crippen LogP contribution >= 0.6 is 11.6 Å². The lowest BCUT2D eigenvalue weighted by Gasteiger charge is -2.12. The van der Waals surface area contributed by atoms with Crippen LogP contribution in [0.1, 0.15) is 17.5 Å². The molecule has 0 aromatic heterocycles. The molecule has 0 radical (unpaired) electrons. The summed E-state index contributed by atoms with van der Waals surface area (Å²) in [6, 6.07) is 2.93. The minimum absolute atomic E-state index is 0.125. The van der Waals surface area contributed by atoms with Crippen LogP contribution in [0.3, 0.4) is 0 Å². The molecule has 7 heteroatoms. The molecule has 1 atom stereocenters. The van der Waals surface area contributed by atoms with E-state index in [9.17, 15) is 23.1 Å². The summed E-state index contributed by atoms with van der Waals surface area (Å²) in [6.07, 6.45) is -2.08. The number of nitrogens with zero attached hydrogens (tertiary/aromatic N) is 1. The molecule has 1 N–H and O–H groups in total. The molecule has 0 aliphatic carbocycles. The first-order chi connectivity index (χ1) is 9.77. The second-order valence-electron chi connectivity index (χ2n) is 4.79. The van der Waals surface area contributed by atoms with Crippen LogP contribution in [0.25, 0.3) is 6.08 Å². The first kappa shape index (κ1) is 15.9. The van der Waals surface area contributed by atoms with Crippen LogP contribution < -0.4 is 0 Å².